The number of pyridine rings is 1. The predicted molar refractivity (Wildman–Crippen MR) is 110 cm³/mol. The quantitative estimate of drug-likeness (QED) is 0.811. The molecule has 2 N–H and O–H groups in total. The molecule has 3 saturated heterocycles. The standard InChI is InChI=1S/C22H26N4O3/c27-22(25-20-13-16-3-6-19(20)24-16)15-1-4-17(5-2-15)29-18-7-8-23-21(14-18)26-9-11-28-12-10-26/h1-2,4-5,7-8,14,16,19-20,24H,3,6,9-13H2,(H,25,27)/t16-,19+,20-/m1/s1. The average Bonchev–Trinajstić information content (AvgIpc) is 3.38. The molecule has 0 aliphatic carbocycles. The van der Waals surface area contributed by atoms with Crippen molar-refractivity contribution in [3.8, 4) is 11.5 Å². The Hall–Kier alpha value is -2.64. The Morgan fingerprint density at radius 1 is 1.14 bits per heavy atom. The van der Waals surface area contributed by atoms with Crippen molar-refractivity contribution < 1.29 is 14.3 Å². The lowest BCUT2D eigenvalue weighted by Gasteiger charge is -2.27. The molecule has 1 amide bonds. The van der Waals surface area contributed by atoms with E-state index in [0.717, 1.165) is 37.5 Å². The Kier molecular flexibility index (Phi) is 5.08. The number of nitrogens with zero attached hydrogens (tertiary/aromatic N) is 2. The summed E-state index contributed by atoms with van der Waals surface area (Å²) in [7, 11) is 0. The zero-order valence-electron chi connectivity index (χ0n) is 16.3. The van der Waals surface area contributed by atoms with E-state index < -0.39 is 0 Å². The monoisotopic (exact) mass is 394 g/mol. The van der Waals surface area contributed by atoms with E-state index in [1.54, 1.807) is 6.20 Å². The highest BCUT2D eigenvalue weighted by Crippen LogP contribution is 2.29. The van der Waals surface area contributed by atoms with E-state index in [0.29, 0.717) is 36.6 Å². The minimum absolute atomic E-state index is 0.0191. The van der Waals surface area contributed by atoms with Gasteiger partial charge < -0.3 is 25.0 Å². The number of rotatable bonds is 5. The molecule has 2 aromatic rings. The van der Waals surface area contributed by atoms with E-state index >= 15 is 0 Å². The van der Waals surface area contributed by atoms with Crippen LogP contribution in [-0.4, -0.2) is 55.3 Å². The molecule has 0 radical (unpaired) electrons. The average molecular weight is 394 g/mol. The van der Waals surface area contributed by atoms with Crippen molar-refractivity contribution in [2.45, 2.75) is 37.4 Å². The predicted octanol–water partition coefficient (Wildman–Crippen LogP) is 2.33. The van der Waals surface area contributed by atoms with Crippen LogP contribution in [0.1, 0.15) is 29.6 Å². The molecule has 1 aromatic carbocycles. The molecule has 3 atom stereocenters. The van der Waals surface area contributed by atoms with Gasteiger partial charge >= 0.3 is 0 Å². The van der Waals surface area contributed by atoms with Gasteiger partial charge in [-0.25, -0.2) is 4.98 Å². The van der Waals surface area contributed by atoms with Gasteiger partial charge in [0.2, 0.25) is 0 Å². The fourth-order valence-corrected chi connectivity index (χ4v) is 4.47. The maximum atomic E-state index is 12.6. The molecule has 3 aliphatic heterocycles. The molecule has 7 heteroatoms. The first-order valence-corrected chi connectivity index (χ1v) is 10.4. The van der Waals surface area contributed by atoms with Gasteiger partial charge in [-0.15, -0.1) is 0 Å². The van der Waals surface area contributed by atoms with Gasteiger partial charge in [-0.1, -0.05) is 0 Å². The number of amides is 1. The van der Waals surface area contributed by atoms with Crippen molar-refractivity contribution in [3.63, 3.8) is 0 Å². The number of fused-ring (bicyclic) bond motifs is 2. The minimum Gasteiger partial charge on any atom is -0.457 e. The van der Waals surface area contributed by atoms with Crippen LogP contribution in [0.15, 0.2) is 42.6 Å². The van der Waals surface area contributed by atoms with Gasteiger partial charge in [-0.05, 0) is 49.6 Å². The van der Waals surface area contributed by atoms with Crippen LogP contribution in [0.5, 0.6) is 11.5 Å². The summed E-state index contributed by atoms with van der Waals surface area (Å²) >= 11 is 0. The molecule has 2 bridgehead atoms. The van der Waals surface area contributed by atoms with E-state index in [2.05, 4.69) is 20.5 Å². The highest BCUT2D eigenvalue weighted by Gasteiger charge is 2.39. The lowest BCUT2D eigenvalue weighted by molar-refractivity contribution is 0.0931. The van der Waals surface area contributed by atoms with Crippen LogP contribution in [0.3, 0.4) is 0 Å². The molecule has 0 saturated carbocycles. The van der Waals surface area contributed by atoms with Crippen molar-refractivity contribution in [2.24, 2.45) is 0 Å². The molecule has 1 aromatic heterocycles. The van der Waals surface area contributed by atoms with Crippen molar-refractivity contribution in [1.82, 2.24) is 15.6 Å². The van der Waals surface area contributed by atoms with Gasteiger partial charge in [0.25, 0.3) is 5.91 Å². The van der Waals surface area contributed by atoms with Gasteiger partial charge in [0.1, 0.15) is 17.3 Å². The van der Waals surface area contributed by atoms with Crippen LogP contribution in [0.2, 0.25) is 0 Å². The molecule has 152 valence electrons. The number of carbonyl (C=O) groups is 1. The summed E-state index contributed by atoms with van der Waals surface area (Å²) in [6.45, 7) is 3.10. The lowest BCUT2D eigenvalue weighted by atomic mass is 9.95. The highest BCUT2D eigenvalue weighted by atomic mass is 16.5. The molecule has 3 fully saturated rings. The van der Waals surface area contributed by atoms with E-state index in [4.69, 9.17) is 9.47 Å². The normalized spacial score (nSPS) is 25.8. The van der Waals surface area contributed by atoms with Crippen molar-refractivity contribution in [2.75, 3.05) is 31.2 Å². The summed E-state index contributed by atoms with van der Waals surface area (Å²) in [5.41, 5.74) is 0.656. The SMILES string of the molecule is O=C(N[C@@H]1C[C@H]2CC[C@@H]1N2)c1ccc(Oc2ccnc(N3CCOCC3)c2)cc1. The number of aromatic nitrogens is 1. The van der Waals surface area contributed by atoms with Crippen molar-refractivity contribution >= 4 is 11.7 Å². The third-order valence-corrected chi connectivity index (χ3v) is 6.02. The Balaban J connectivity index is 1.21. The molecule has 5 rings (SSSR count). The Bertz CT molecular complexity index is 867. The van der Waals surface area contributed by atoms with Gasteiger partial charge in [-0.3, -0.25) is 4.79 Å². The summed E-state index contributed by atoms with van der Waals surface area (Å²) in [5.74, 6) is 2.30. The number of nitrogens with one attached hydrogen (secondary N) is 2. The Labute approximate surface area is 170 Å². The Morgan fingerprint density at radius 3 is 2.69 bits per heavy atom. The smallest absolute Gasteiger partial charge is 0.251 e. The van der Waals surface area contributed by atoms with Gasteiger partial charge in [0.05, 0.1) is 13.2 Å². The second kappa shape index (κ2) is 8.00. The molecule has 0 spiro atoms. The second-order valence-corrected chi connectivity index (χ2v) is 7.94. The van der Waals surface area contributed by atoms with Gasteiger partial charge in [-0.2, -0.15) is 0 Å². The first kappa shape index (κ1) is 18.4. The largest absolute Gasteiger partial charge is 0.457 e. The first-order valence-electron chi connectivity index (χ1n) is 10.4. The number of hydrogen-bond acceptors (Lipinski definition) is 6. The summed E-state index contributed by atoms with van der Waals surface area (Å²) in [6, 6.07) is 12.3. The van der Waals surface area contributed by atoms with Crippen LogP contribution in [0.4, 0.5) is 5.82 Å². The summed E-state index contributed by atoms with van der Waals surface area (Å²) in [5, 5.41) is 6.72. The fraction of sp³-hybridized carbons (Fsp3) is 0.455. The molecular weight excluding hydrogens is 368 g/mol. The molecular formula is C22H26N4O3. The van der Waals surface area contributed by atoms with Crippen LogP contribution < -0.4 is 20.3 Å². The fourth-order valence-electron chi connectivity index (χ4n) is 4.47. The molecule has 29 heavy (non-hydrogen) atoms. The number of benzene rings is 1. The number of morpholine rings is 1. The van der Waals surface area contributed by atoms with Gasteiger partial charge in [0, 0.05) is 49.0 Å². The summed E-state index contributed by atoms with van der Waals surface area (Å²) in [4.78, 5) is 19.2. The summed E-state index contributed by atoms with van der Waals surface area (Å²) < 4.78 is 11.4. The molecule has 7 nitrogen and oxygen atoms in total. The van der Waals surface area contributed by atoms with Crippen LogP contribution in [0, 0.1) is 0 Å². The molecule has 0 unspecified atom stereocenters. The maximum Gasteiger partial charge on any atom is 0.251 e. The van der Waals surface area contributed by atoms with Gasteiger partial charge in [0.15, 0.2) is 0 Å². The van der Waals surface area contributed by atoms with E-state index in [9.17, 15) is 4.79 Å². The third kappa shape index (κ3) is 4.06. The molecule has 4 heterocycles. The number of ether oxygens (including phenoxy) is 2. The van der Waals surface area contributed by atoms with Crippen molar-refractivity contribution in [1.29, 1.82) is 0 Å². The lowest BCUT2D eigenvalue weighted by Crippen LogP contribution is -2.42. The third-order valence-electron chi connectivity index (χ3n) is 6.02. The second-order valence-electron chi connectivity index (χ2n) is 7.94. The Morgan fingerprint density at radius 2 is 1.97 bits per heavy atom. The van der Waals surface area contributed by atoms with Crippen LogP contribution >= 0.6 is 0 Å². The summed E-state index contributed by atoms with van der Waals surface area (Å²) in [6.07, 6.45) is 5.17. The van der Waals surface area contributed by atoms with Crippen LogP contribution in [0.25, 0.3) is 0 Å². The van der Waals surface area contributed by atoms with Crippen molar-refractivity contribution in [3.05, 3.63) is 48.2 Å². The topological polar surface area (TPSA) is 75.7 Å². The zero-order valence-corrected chi connectivity index (χ0v) is 16.3. The molecule has 3 aliphatic rings. The van der Waals surface area contributed by atoms with E-state index in [1.165, 1.54) is 6.42 Å². The zero-order chi connectivity index (χ0) is 19.6. The van der Waals surface area contributed by atoms with E-state index in [-0.39, 0.29) is 11.9 Å². The number of hydrogen-bond donors (Lipinski definition) is 2. The highest BCUT2D eigenvalue weighted by molar-refractivity contribution is 5.94. The number of carbonyl (C=O) groups excluding carboxylic acids is 1. The minimum atomic E-state index is -0.0191. The van der Waals surface area contributed by atoms with E-state index in [1.807, 2.05) is 36.4 Å². The maximum absolute atomic E-state index is 12.6. The first-order chi connectivity index (χ1) is 14.2. The van der Waals surface area contributed by atoms with Crippen LogP contribution in [-0.2, 0) is 4.74 Å². The number of anilines is 1.